The van der Waals surface area contributed by atoms with Crippen molar-refractivity contribution in [1.29, 1.82) is 0 Å². The van der Waals surface area contributed by atoms with Crippen LogP contribution in [-0.2, 0) is 11.3 Å². The van der Waals surface area contributed by atoms with Crippen molar-refractivity contribution >= 4 is 11.7 Å². The molecule has 3 heterocycles. The Morgan fingerprint density at radius 2 is 2.16 bits per heavy atom. The number of aryl methyl sites for hydroxylation is 1. The molecule has 0 saturated heterocycles. The second-order valence-electron chi connectivity index (χ2n) is 6.14. The first-order valence-electron chi connectivity index (χ1n) is 8.25. The quantitative estimate of drug-likeness (QED) is 0.798. The van der Waals surface area contributed by atoms with E-state index in [1.165, 1.54) is 10.7 Å². The number of benzene rings is 1. The van der Waals surface area contributed by atoms with Crippen LogP contribution >= 0.6 is 0 Å². The molecular formula is C18H18FN5O. The van der Waals surface area contributed by atoms with E-state index < -0.39 is 0 Å². The van der Waals surface area contributed by atoms with Crippen LogP contribution in [-0.4, -0.2) is 25.5 Å². The number of anilines is 1. The van der Waals surface area contributed by atoms with Crippen molar-refractivity contribution in [3.8, 4) is 5.69 Å². The fourth-order valence-corrected chi connectivity index (χ4v) is 3.42. The highest BCUT2D eigenvalue weighted by atomic mass is 19.1. The lowest BCUT2D eigenvalue weighted by atomic mass is 9.87. The molecule has 6 nitrogen and oxygen atoms in total. The number of nitrogens with one attached hydrogen (secondary N) is 1. The largest absolute Gasteiger partial charge is 0.309 e. The molecule has 1 N–H and O–H groups in total. The Hall–Kier alpha value is -2.96. The molecule has 1 aliphatic heterocycles. The Morgan fingerprint density at radius 3 is 2.92 bits per heavy atom. The number of para-hydroxylation sites is 1. The molecule has 1 amide bonds. The lowest BCUT2D eigenvalue weighted by molar-refractivity contribution is -0.116. The summed E-state index contributed by atoms with van der Waals surface area (Å²) in [5.41, 5.74) is 3.30. The summed E-state index contributed by atoms with van der Waals surface area (Å²) in [4.78, 5) is 12.1. The van der Waals surface area contributed by atoms with Gasteiger partial charge in [0, 0.05) is 36.3 Å². The maximum atomic E-state index is 14.0. The van der Waals surface area contributed by atoms with E-state index >= 15 is 0 Å². The molecule has 0 spiro atoms. The Labute approximate surface area is 144 Å². The molecular weight excluding hydrogens is 321 g/mol. The molecule has 7 heteroatoms. The predicted octanol–water partition coefficient (Wildman–Crippen LogP) is 3.01. The van der Waals surface area contributed by atoms with Gasteiger partial charge in [0.15, 0.2) is 5.82 Å². The maximum absolute atomic E-state index is 14.0. The standard InChI is InChI=1S/C18H18FN5O/c1-3-23-11(2)17-13(8-16(25)21-18(17)22-23)12-9-20-24(10-12)15-7-5-4-6-14(15)19/h4-7,9-10,13H,3,8H2,1-2H3,(H,21,22,25). The van der Waals surface area contributed by atoms with Crippen molar-refractivity contribution in [3.05, 3.63) is 59.3 Å². The van der Waals surface area contributed by atoms with Crippen LogP contribution in [0.3, 0.4) is 0 Å². The second-order valence-corrected chi connectivity index (χ2v) is 6.14. The Morgan fingerprint density at radius 1 is 1.36 bits per heavy atom. The van der Waals surface area contributed by atoms with Gasteiger partial charge in [0.2, 0.25) is 5.91 Å². The fourth-order valence-electron chi connectivity index (χ4n) is 3.42. The molecule has 1 unspecified atom stereocenters. The van der Waals surface area contributed by atoms with E-state index in [9.17, 15) is 9.18 Å². The molecule has 3 aromatic rings. The maximum Gasteiger partial charge on any atom is 0.226 e. The van der Waals surface area contributed by atoms with Gasteiger partial charge in [-0.3, -0.25) is 9.48 Å². The van der Waals surface area contributed by atoms with Crippen LogP contribution in [0, 0.1) is 12.7 Å². The van der Waals surface area contributed by atoms with Gasteiger partial charge in [-0.15, -0.1) is 0 Å². The minimum absolute atomic E-state index is 0.0723. The first-order chi connectivity index (χ1) is 12.1. The molecule has 0 aliphatic carbocycles. The molecule has 0 fully saturated rings. The van der Waals surface area contributed by atoms with Crippen LogP contribution in [0.2, 0.25) is 0 Å². The van der Waals surface area contributed by atoms with Gasteiger partial charge in [-0.25, -0.2) is 9.07 Å². The predicted molar refractivity (Wildman–Crippen MR) is 91.2 cm³/mol. The fraction of sp³-hybridized carbons (Fsp3) is 0.278. The van der Waals surface area contributed by atoms with E-state index in [2.05, 4.69) is 15.5 Å². The van der Waals surface area contributed by atoms with Crippen molar-refractivity contribution in [2.45, 2.75) is 32.7 Å². The van der Waals surface area contributed by atoms with Crippen molar-refractivity contribution < 1.29 is 9.18 Å². The molecule has 1 atom stereocenters. The van der Waals surface area contributed by atoms with Gasteiger partial charge in [0.25, 0.3) is 0 Å². The zero-order valence-corrected chi connectivity index (χ0v) is 14.0. The Bertz CT molecular complexity index is 958. The van der Waals surface area contributed by atoms with E-state index in [4.69, 9.17) is 0 Å². The number of fused-ring (bicyclic) bond motifs is 1. The normalized spacial score (nSPS) is 16.6. The first-order valence-corrected chi connectivity index (χ1v) is 8.25. The van der Waals surface area contributed by atoms with Crippen molar-refractivity contribution in [3.63, 3.8) is 0 Å². The highest BCUT2D eigenvalue weighted by Gasteiger charge is 2.32. The number of hydrogen-bond donors (Lipinski definition) is 1. The molecule has 0 saturated carbocycles. The number of aromatic nitrogens is 4. The molecule has 2 aromatic heterocycles. The first kappa shape index (κ1) is 15.6. The van der Waals surface area contributed by atoms with Gasteiger partial charge in [-0.2, -0.15) is 10.2 Å². The smallest absolute Gasteiger partial charge is 0.226 e. The molecule has 4 rings (SSSR count). The molecule has 0 radical (unpaired) electrons. The zero-order valence-electron chi connectivity index (χ0n) is 14.0. The lowest BCUT2D eigenvalue weighted by Crippen LogP contribution is -2.23. The average Bonchev–Trinajstić information content (AvgIpc) is 3.20. The molecule has 128 valence electrons. The van der Waals surface area contributed by atoms with Gasteiger partial charge in [-0.1, -0.05) is 12.1 Å². The van der Waals surface area contributed by atoms with Gasteiger partial charge in [0.05, 0.1) is 6.20 Å². The number of carbonyl (C=O) groups excluding carboxylic acids is 1. The van der Waals surface area contributed by atoms with Crippen LogP contribution in [0.4, 0.5) is 10.2 Å². The number of carbonyl (C=O) groups is 1. The summed E-state index contributed by atoms with van der Waals surface area (Å²) < 4.78 is 17.4. The van der Waals surface area contributed by atoms with E-state index in [1.807, 2.05) is 18.5 Å². The van der Waals surface area contributed by atoms with Crippen LogP contribution in [0.25, 0.3) is 5.69 Å². The van der Waals surface area contributed by atoms with Gasteiger partial charge >= 0.3 is 0 Å². The molecule has 0 bridgehead atoms. The number of rotatable bonds is 3. The van der Waals surface area contributed by atoms with Crippen molar-refractivity contribution in [2.24, 2.45) is 0 Å². The number of hydrogen-bond acceptors (Lipinski definition) is 3. The lowest BCUT2D eigenvalue weighted by Gasteiger charge is -2.21. The highest BCUT2D eigenvalue weighted by molar-refractivity contribution is 5.94. The highest BCUT2D eigenvalue weighted by Crippen LogP contribution is 2.38. The summed E-state index contributed by atoms with van der Waals surface area (Å²) in [5.74, 6) is 0.0647. The molecule has 1 aliphatic rings. The minimum Gasteiger partial charge on any atom is -0.309 e. The van der Waals surface area contributed by atoms with E-state index in [0.29, 0.717) is 17.9 Å². The van der Waals surface area contributed by atoms with Crippen LogP contribution < -0.4 is 5.32 Å². The number of halogens is 1. The summed E-state index contributed by atoms with van der Waals surface area (Å²) in [7, 11) is 0. The summed E-state index contributed by atoms with van der Waals surface area (Å²) in [6.45, 7) is 4.75. The van der Waals surface area contributed by atoms with Gasteiger partial charge < -0.3 is 5.32 Å². The number of amides is 1. The van der Waals surface area contributed by atoms with Crippen LogP contribution in [0.5, 0.6) is 0 Å². The summed E-state index contributed by atoms with van der Waals surface area (Å²) in [6, 6.07) is 6.48. The number of nitrogens with zero attached hydrogens (tertiary/aromatic N) is 4. The average molecular weight is 339 g/mol. The molecule has 1 aromatic carbocycles. The third-order valence-corrected chi connectivity index (χ3v) is 4.65. The third kappa shape index (κ3) is 2.52. The van der Waals surface area contributed by atoms with Crippen molar-refractivity contribution in [1.82, 2.24) is 19.6 Å². The second kappa shape index (κ2) is 5.84. The summed E-state index contributed by atoms with van der Waals surface area (Å²) >= 11 is 0. The van der Waals surface area contributed by atoms with Gasteiger partial charge in [-0.05, 0) is 31.5 Å². The Balaban J connectivity index is 1.78. The molecule has 25 heavy (non-hydrogen) atoms. The summed E-state index contributed by atoms with van der Waals surface area (Å²) in [5, 5.41) is 11.6. The summed E-state index contributed by atoms with van der Waals surface area (Å²) in [6.07, 6.45) is 3.81. The van der Waals surface area contributed by atoms with Crippen molar-refractivity contribution in [2.75, 3.05) is 5.32 Å². The monoisotopic (exact) mass is 339 g/mol. The van der Waals surface area contributed by atoms with E-state index in [-0.39, 0.29) is 17.6 Å². The van der Waals surface area contributed by atoms with Crippen LogP contribution in [0.15, 0.2) is 36.7 Å². The topological polar surface area (TPSA) is 64.7 Å². The zero-order chi connectivity index (χ0) is 17.6. The van der Waals surface area contributed by atoms with E-state index in [1.54, 1.807) is 30.6 Å². The minimum atomic E-state index is -0.339. The van der Waals surface area contributed by atoms with E-state index in [0.717, 1.165) is 23.4 Å². The van der Waals surface area contributed by atoms with Gasteiger partial charge in [0.1, 0.15) is 11.5 Å². The van der Waals surface area contributed by atoms with Crippen LogP contribution in [0.1, 0.15) is 36.1 Å². The SMILES string of the molecule is CCn1nc2c(c1C)C(c1cnn(-c3ccccc3F)c1)CC(=O)N2. The third-order valence-electron chi connectivity index (χ3n) is 4.65. The Kier molecular flexibility index (Phi) is 3.63.